The summed E-state index contributed by atoms with van der Waals surface area (Å²) < 4.78 is 5.59. The molecule has 0 bridgehead atoms. The first-order chi connectivity index (χ1) is 13.7. The monoisotopic (exact) mass is 382 g/mol. The third kappa shape index (κ3) is 4.48. The Balaban J connectivity index is 1.23. The summed E-state index contributed by atoms with van der Waals surface area (Å²) in [5, 5.41) is 12.6. The normalized spacial score (nSPS) is 22.1. The number of hydrogen-bond acceptors (Lipinski definition) is 5. The lowest BCUT2D eigenvalue weighted by atomic mass is 9.83. The fourth-order valence-electron chi connectivity index (χ4n) is 4.63. The van der Waals surface area contributed by atoms with Gasteiger partial charge in [-0.2, -0.15) is 5.26 Å². The minimum absolute atomic E-state index is 0.00415. The molecule has 1 aromatic rings. The maximum atomic E-state index is 12.5. The van der Waals surface area contributed by atoms with Crippen LogP contribution in [0.3, 0.4) is 0 Å². The molecule has 1 aliphatic carbocycles. The molecule has 6 heteroatoms. The summed E-state index contributed by atoms with van der Waals surface area (Å²) >= 11 is 0. The number of ether oxygens (including phenoxy) is 1. The number of hydrogen-bond donors (Lipinski definition) is 1. The van der Waals surface area contributed by atoms with E-state index in [1.807, 2.05) is 0 Å². The fraction of sp³-hybridized carbons (Fsp3) is 0.636. The SMILES string of the molecule is N#CC1(NC(=O)CN2CCN(Cc3ccc4c(c3)CCO4)CC2)CCCCC1. The number of nitrogens with one attached hydrogen (secondary N) is 1. The largest absolute Gasteiger partial charge is 0.493 e. The van der Waals surface area contributed by atoms with E-state index in [-0.39, 0.29) is 5.91 Å². The summed E-state index contributed by atoms with van der Waals surface area (Å²) in [6, 6.07) is 8.90. The van der Waals surface area contributed by atoms with Gasteiger partial charge in [-0.05, 0) is 30.0 Å². The van der Waals surface area contributed by atoms with Gasteiger partial charge in [0, 0.05) is 39.1 Å². The van der Waals surface area contributed by atoms with Crippen molar-refractivity contribution in [3.8, 4) is 11.8 Å². The number of nitriles is 1. The van der Waals surface area contributed by atoms with E-state index < -0.39 is 5.54 Å². The average molecular weight is 383 g/mol. The molecule has 0 radical (unpaired) electrons. The zero-order valence-corrected chi connectivity index (χ0v) is 16.6. The maximum Gasteiger partial charge on any atom is 0.235 e. The third-order valence-corrected chi connectivity index (χ3v) is 6.29. The summed E-state index contributed by atoms with van der Waals surface area (Å²) in [4.78, 5) is 17.1. The van der Waals surface area contributed by atoms with Crippen molar-refractivity contribution in [2.45, 2.75) is 50.6 Å². The lowest BCUT2D eigenvalue weighted by molar-refractivity contribution is -0.124. The molecule has 1 N–H and O–H groups in total. The van der Waals surface area contributed by atoms with Crippen molar-refractivity contribution in [3.05, 3.63) is 29.3 Å². The Morgan fingerprint density at radius 2 is 1.89 bits per heavy atom. The van der Waals surface area contributed by atoms with Crippen LogP contribution in [0.4, 0.5) is 0 Å². The lowest BCUT2D eigenvalue weighted by Crippen LogP contribution is -2.54. The Kier molecular flexibility index (Phi) is 5.84. The molecule has 2 fully saturated rings. The molecule has 4 rings (SSSR count). The molecule has 1 saturated carbocycles. The summed E-state index contributed by atoms with van der Waals surface area (Å²) in [7, 11) is 0. The number of amides is 1. The van der Waals surface area contributed by atoms with Gasteiger partial charge in [0.25, 0.3) is 0 Å². The number of carbonyl (C=O) groups is 1. The van der Waals surface area contributed by atoms with Gasteiger partial charge in [0.1, 0.15) is 11.3 Å². The van der Waals surface area contributed by atoms with Gasteiger partial charge in [0.05, 0.1) is 19.2 Å². The highest BCUT2D eigenvalue weighted by Gasteiger charge is 2.34. The van der Waals surface area contributed by atoms with Crippen LogP contribution in [0.15, 0.2) is 18.2 Å². The Hall–Kier alpha value is -2.10. The Labute approximate surface area is 167 Å². The fourth-order valence-corrected chi connectivity index (χ4v) is 4.63. The molecule has 0 spiro atoms. The summed E-state index contributed by atoms with van der Waals surface area (Å²) in [5.74, 6) is 1.03. The first-order valence-electron chi connectivity index (χ1n) is 10.6. The van der Waals surface area contributed by atoms with Crippen molar-refractivity contribution in [2.24, 2.45) is 0 Å². The number of piperazine rings is 1. The predicted octanol–water partition coefficient (Wildman–Crippen LogP) is 2.08. The second-order valence-corrected chi connectivity index (χ2v) is 8.40. The molecule has 0 aromatic heterocycles. The molecule has 1 amide bonds. The Bertz CT molecular complexity index is 743. The minimum Gasteiger partial charge on any atom is -0.493 e. The van der Waals surface area contributed by atoms with E-state index in [0.717, 1.165) is 77.2 Å². The van der Waals surface area contributed by atoms with Gasteiger partial charge in [-0.3, -0.25) is 14.6 Å². The van der Waals surface area contributed by atoms with Crippen LogP contribution in [-0.4, -0.2) is 60.6 Å². The molecule has 0 atom stereocenters. The molecule has 1 aromatic carbocycles. The average Bonchev–Trinajstić information content (AvgIpc) is 3.18. The van der Waals surface area contributed by atoms with Crippen molar-refractivity contribution >= 4 is 5.91 Å². The van der Waals surface area contributed by atoms with Gasteiger partial charge in [0.15, 0.2) is 0 Å². The van der Waals surface area contributed by atoms with Gasteiger partial charge in [-0.15, -0.1) is 0 Å². The molecular weight excluding hydrogens is 352 g/mol. The van der Waals surface area contributed by atoms with Gasteiger partial charge < -0.3 is 10.1 Å². The number of fused-ring (bicyclic) bond motifs is 1. The van der Waals surface area contributed by atoms with Crippen molar-refractivity contribution in [1.82, 2.24) is 15.1 Å². The highest BCUT2D eigenvalue weighted by atomic mass is 16.5. The van der Waals surface area contributed by atoms with Crippen LogP contribution >= 0.6 is 0 Å². The second-order valence-electron chi connectivity index (χ2n) is 8.40. The van der Waals surface area contributed by atoms with Crippen molar-refractivity contribution in [1.29, 1.82) is 5.26 Å². The first-order valence-corrected chi connectivity index (χ1v) is 10.6. The third-order valence-electron chi connectivity index (χ3n) is 6.29. The molecule has 3 aliphatic rings. The molecule has 1 saturated heterocycles. The van der Waals surface area contributed by atoms with Gasteiger partial charge in [-0.1, -0.05) is 31.4 Å². The van der Waals surface area contributed by atoms with Crippen molar-refractivity contribution in [3.63, 3.8) is 0 Å². The number of carbonyl (C=O) groups excluding carboxylic acids is 1. The Morgan fingerprint density at radius 3 is 2.64 bits per heavy atom. The minimum atomic E-state index is -0.631. The molecular formula is C22H30N4O2. The van der Waals surface area contributed by atoms with Crippen molar-refractivity contribution in [2.75, 3.05) is 39.3 Å². The van der Waals surface area contributed by atoms with Crippen LogP contribution in [-0.2, 0) is 17.8 Å². The molecule has 2 aliphatic heterocycles. The standard InChI is InChI=1S/C22H30N4O2/c23-17-22(7-2-1-3-8-22)24-21(27)16-26-11-9-25(10-12-26)15-18-4-5-20-19(14-18)6-13-28-20/h4-5,14H,1-3,6-13,15-16H2,(H,24,27). The first kappa shape index (κ1) is 19.2. The highest BCUT2D eigenvalue weighted by Crippen LogP contribution is 2.28. The van der Waals surface area contributed by atoms with Crippen LogP contribution in [0.5, 0.6) is 5.75 Å². The second kappa shape index (κ2) is 8.50. The summed E-state index contributed by atoms with van der Waals surface area (Å²) in [5.41, 5.74) is 2.03. The van der Waals surface area contributed by atoms with E-state index in [1.54, 1.807) is 0 Å². The summed E-state index contributed by atoms with van der Waals surface area (Å²) in [6.07, 6.45) is 5.81. The zero-order valence-electron chi connectivity index (χ0n) is 16.6. The zero-order chi connectivity index (χ0) is 19.4. The van der Waals surface area contributed by atoms with Gasteiger partial charge in [0.2, 0.25) is 5.91 Å². The number of benzene rings is 1. The molecule has 6 nitrogen and oxygen atoms in total. The van der Waals surface area contributed by atoms with Crippen molar-refractivity contribution < 1.29 is 9.53 Å². The van der Waals surface area contributed by atoms with E-state index >= 15 is 0 Å². The van der Waals surface area contributed by atoms with Gasteiger partial charge >= 0.3 is 0 Å². The molecule has 28 heavy (non-hydrogen) atoms. The van der Waals surface area contributed by atoms with Gasteiger partial charge in [-0.25, -0.2) is 0 Å². The summed E-state index contributed by atoms with van der Waals surface area (Å²) in [6.45, 7) is 5.85. The van der Waals surface area contributed by atoms with E-state index in [4.69, 9.17) is 4.74 Å². The van der Waals surface area contributed by atoms with E-state index in [2.05, 4.69) is 39.4 Å². The maximum absolute atomic E-state index is 12.5. The van der Waals surface area contributed by atoms with Crippen LogP contribution < -0.4 is 10.1 Å². The van der Waals surface area contributed by atoms with Crippen LogP contribution in [0, 0.1) is 11.3 Å². The topological polar surface area (TPSA) is 68.6 Å². The van der Waals surface area contributed by atoms with E-state index in [0.29, 0.717) is 6.54 Å². The molecule has 2 heterocycles. The van der Waals surface area contributed by atoms with Crippen LogP contribution in [0.25, 0.3) is 0 Å². The Morgan fingerprint density at radius 1 is 1.14 bits per heavy atom. The van der Waals surface area contributed by atoms with Crippen LogP contribution in [0.2, 0.25) is 0 Å². The van der Waals surface area contributed by atoms with E-state index in [1.165, 1.54) is 17.5 Å². The lowest BCUT2D eigenvalue weighted by Gasteiger charge is -2.36. The predicted molar refractivity (Wildman–Crippen MR) is 107 cm³/mol. The quantitative estimate of drug-likeness (QED) is 0.844. The number of nitrogens with zero attached hydrogens (tertiary/aromatic N) is 3. The highest BCUT2D eigenvalue weighted by molar-refractivity contribution is 5.79. The number of rotatable bonds is 5. The molecule has 150 valence electrons. The smallest absolute Gasteiger partial charge is 0.235 e. The van der Waals surface area contributed by atoms with Crippen LogP contribution in [0.1, 0.15) is 43.2 Å². The molecule has 0 unspecified atom stereocenters. The van der Waals surface area contributed by atoms with E-state index in [9.17, 15) is 10.1 Å².